The first-order valence-electron chi connectivity index (χ1n) is 5.07. The van der Waals surface area contributed by atoms with Gasteiger partial charge in [-0.05, 0) is 13.8 Å². The summed E-state index contributed by atoms with van der Waals surface area (Å²) < 4.78 is 1.95. The summed E-state index contributed by atoms with van der Waals surface area (Å²) in [4.78, 5) is 11.1. The van der Waals surface area contributed by atoms with Crippen LogP contribution < -0.4 is 11.1 Å². The Bertz CT molecular complexity index is 363. The molecule has 0 saturated heterocycles. The van der Waals surface area contributed by atoms with Crippen LogP contribution in [0.2, 0.25) is 0 Å². The van der Waals surface area contributed by atoms with Crippen LogP contribution in [0.1, 0.15) is 25.7 Å². The molecular formula is C9H17N5OS. The van der Waals surface area contributed by atoms with E-state index in [4.69, 9.17) is 5.73 Å². The number of carbonyl (C=O) groups is 1. The monoisotopic (exact) mass is 243 g/mol. The van der Waals surface area contributed by atoms with E-state index in [-0.39, 0.29) is 11.9 Å². The fourth-order valence-electron chi connectivity index (χ4n) is 1.27. The van der Waals surface area contributed by atoms with E-state index in [1.807, 2.05) is 18.4 Å². The Morgan fingerprint density at radius 3 is 2.75 bits per heavy atom. The van der Waals surface area contributed by atoms with Crippen molar-refractivity contribution in [3.8, 4) is 0 Å². The molecule has 0 unspecified atom stereocenters. The number of nitrogens with two attached hydrogens (primary N) is 1. The third kappa shape index (κ3) is 2.96. The molecule has 0 aromatic carbocycles. The van der Waals surface area contributed by atoms with Crippen LogP contribution in [0, 0.1) is 0 Å². The van der Waals surface area contributed by atoms with Gasteiger partial charge in [0.25, 0.3) is 0 Å². The maximum Gasteiger partial charge on any atom is 0.230 e. The van der Waals surface area contributed by atoms with E-state index in [1.54, 1.807) is 7.05 Å². The fourth-order valence-corrected chi connectivity index (χ4v) is 2.22. The number of amides is 1. The maximum absolute atomic E-state index is 11.1. The summed E-state index contributed by atoms with van der Waals surface area (Å²) in [6.07, 6.45) is 0. The average molecular weight is 243 g/mol. The molecule has 16 heavy (non-hydrogen) atoms. The molecule has 7 heteroatoms. The molecule has 0 atom stereocenters. The lowest BCUT2D eigenvalue weighted by atomic mass is 10.4. The quantitative estimate of drug-likeness (QED) is 0.719. The summed E-state index contributed by atoms with van der Waals surface area (Å²) in [6.45, 7) is 4.42. The zero-order valence-corrected chi connectivity index (χ0v) is 10.5. The topological polar surface area (TPSA) is 85.8 Å². The Morgan fingerprint density at radius 2 is 2.25 bits per heavy atom. The number of aromatic nitrogens is 3. The van der Waals surface area contributed by atoms with Crippen molar-refractivity contribution >= 4 is 17.7 Å². The molecule has 1 amide bonds. The van der Waals surface area contributed by atoms with E-state index in [9.17, 15) is 4.79 Å². The van der Waals surface area contributed by atoms with Crippen molar-refractivity contribution in [1.82, 2.24) is 20.1 Å². The molecule has 0 bridgehead atoms. The smallest absolute Gasteiger partial charge is 0.230 e. The minimum absolute atomic E-state index is 0.0300. The number of thioether (sulfide) groups is 1. The van der Waals surface area contributed by atoms with E-state index in [0.29, 0.717) is 12.3 Å². The number of nitrogens with one attached hydrogen (secondary N) is 1. The van der Waals surface area contributed by atoms with E-state index in [2.05, 4.69) is 15.5 Å². The van der Waals surface area contributed by atoms with Crippen LogP contribution in [0.4, 0.5) is 0 Å². The molecule has 1 aromatic heterocycles. The van der Waals surface area contributed by atoms with Crippen LogP contribution >= 0.6 is 11.8 Å². The Labute approximate surface area is 99.0 Å². The van der Waals surface area contributed by atoms with Crippen LogP contribution in [0.5, 0.6) is 0 Å². The largest absolute Gasteiger partial charge is 0.358 e. The van der Waals surface area contributed by atoms with Gasteiger partial charge in [0, 0.05) is 13.1 Å². The van der Waals surface area contributed by atoms with Crippen LogP contribution in [0.15, 0.2) is 5.16 Å². The van der Waals surface area contributed by atoms with Crippen LogP contribution in [0.3, 0.4) is 0 Å². The zero-order chi connectivity index (χ0) is 12.1. The predicted molar refractivity (Wildman–Crippen MR) is 63.1 cm³/mol. The minimum atomic E-state index is -0.0300. The third-order valence-electron chi connectivity index (χ3n) is 2.05. The van der Waals surface area contributed by atoms with E-state index in [1.165, 1.54) is 11.8 Å². The molecule has 0 fully saturated rings. The Hall–Kier alpha value is -1.08. The Morgan fingerprint density at radius 1 is 1.56 bits per heavy atom. The van der Waals surface area contributed by atoms with Crippen LogP contribution in [-0.4, -0.2) is 33.5 Å². The maximum atomic E-state index is 11.1. The molecule has 0 spiro atoms. The molecule has 90 valence electrons. The molecule has 1 rings (SSSR count). The molecule has 0 aliphatic heterocycles. The van der Waals surface area contributed by atoms with Crippen molar-refractivity contribution in [2.24, 2.45) is 5.73 Å². The van der Waals surface area contributed by atoms with Gasteiger partial charge in [0.05, 0.1) is 12.3 Å². The van der Waals surface area contributed by atoms with Crippen molar-refractivity contribution in [3.05, 3.63) is 5.82 Å². The molecule has 0 radical (unpaired) electrons. The number of hydrogen-bond donors (Lipinski definition) is 2. The lowest BCUT2D eigenvalue weighted by Crippen LogP contribution is -2.20. The van der Waals surface area contributed by atoms with E-state index >= 15 is 0 Å². The first-order valence-corrected chi connectivity index (χ1v) is 6.06. The summed E-state index contributed by atoms with van der Waals surface area (Å²) in [5.41, 5.74) is 5.57. The second kappa shape index (κ2) is 5.86. The van der Waals surface area contributed by atoms with Crippen LogP contribution in [-0.2, 0) is 11.3 Å². The highest BCUT2D eigenvalue weighted by molar-refractivity contribution is 7.99. The standard InChI is InChI=1S/C9H17N5OS/c1-6(2)14-7(4-10)12-13-9(14)16-5-8(15)11-3/h6H,4-5,10H2,1-3H3,(H,11,15). The van der Waals surface area contributed by atoms with E-state index < -0.39 is 0 Å². The van der Waals surface area contributed by atoms with Crippen molar-refractivity contribution in [2.75, 3.05) is 12.8 Å². The molecule has 1 heterocycles. The summed E-state index contributed by atoms with van der Waals surface area (Å²) in [6, 6.07) is 0.237. The second-order valence-electron chi connectivity index (χ2n) is 3.53. The van der Waals surface area contributed by atoms with Gasteiger partial charge >= 0.3 is 0 Å². The van der Waals surface area contributed by atoms with Crippen LogP contribution in [0.25, 0.3) is 0 Å². The summed E-state index contributed by atoms with van der Waals surface area (Å²) in [7, 11) is 1.61. The number of carbonyl (C=O) groups excluding carboxylic acids is 1. The Balaban J connectivity index is 2.79. The van der Waals surface area contributed by atoms with Gasteiger partial charge in [-0.1, -0.05) is 11.8 Å². The van der Waals surface area contributed by atoms with Gasteiger partial charge in [-0.3, -0.25) is 4.79 Å². The van der Waals surface area contributed by atoms with Gasteiger partial charge in [-0.15, -0.1) is 10.2 Å². The lowest BCUT2D eigenvalue weighted by Gasteiger charge is -2.12. The fraction of sp³-hybridized carbons (Fsp3) is 0.667. The van der Waals surface area contributed by atoms with Gasteiger partial charge in [0.15, 0.2) is 5.16 Å². The normalized spacial score (nSPS) is 10.8. The third-order valence-corrected chi connectivity index (χ3v) is 2.99. The minimum Gasteiger partial charge on any atom is -0.358 e. The van der Waals surface area contributed by atoms with Gasteiger partial charge < -0.3 is 15.6 Å². The van der Waals surface area contributed by atoms with Crippen molar-refractivity contribution in [3.63, 3.8) is 0 Å². The van der Waals surface area contributed by atoms with Gasteiger partial charge in [0.1, 0.15) is 5.82 Å². The van der Waals surface area contributed by atoms with Gasteiger partial charge in [-0.25, -0.2) is 0 Å². The van der Waals surface area contributed by atoms with Crippen molar-refractivity contribution in [2.45, 2.75) is 31.6 Å². The first kappa shape index (κ1) is 13.0. The number of hydrogen-bond acceptors (Lipinski definition) is 5. The molecule has 0 saturated carbocycles. The molecule has 0 aliphatic rings. The highest BCUT2D eigenvalue weighted by atomic mass is 32.2. The number of nitrogens with zero attached hydrogens (tertiary/aromatic N) is 3. The first-order chi connectivity index (χ1) is 7.60. The lowest BCUT2D eigenvalue weighted by molar-refractivity contribution is -0.118. The van der Waals surface area contributed by atoms with E-state index in [0.717, 1.165) is 11.0 Å². The summed E-state index contributed by atoms with van der Waals surface area (Å²) >= 11 is 1.37. The van der Waals surface area contributed by atoms with Gasteiger partial charge in [0.2, 0.25) is 5.91 Å². The molecule has 6 nitrogen and oxygen atoms in total. The molecule has 0 aliphatic carbocycles. The predicted octanol–water partition coefficient (Wildman–Crippen LogP) is 0.156. The average Bonchev–Trinajstić information content (AvgIpc) is 2.68. The molecule has 3 N–H and O–H groups in total. The summed E-state index contributed by atoms with van der Waals surface area (Å²) in [5, 5.41) is 11.3. The molecular weight excluding hydrogens is 226 g/mol. The van der Waals surface area contributed by atoms with Gasteiger partial charge in [-0.2, -0.15) is 0 Å². The summed E-state index contributed by atoms with van der Waals surface area (Å²) in [5.74, 6) is 1.05. The highest BCUT2D eigenvalue weighted by Gasteiger charge is 2.14. The highest BCUT2D eigenvalue weighted by Crippen LogP contribution is 2.20. The SMILES string of the molecule is CNC(=O)CSc1nnc(CN)n1C(C)C. The van der Waals surface area contributed by atoms with Crippen molar-refractivity contribution < 1.29 is 4.79 Å². The second-order valence-corrected chi connectivity index (χ2v) is 4.47. The zero-order valence-electron chi connectivity index (χ0n) is 9.73. The van der Waals surface area contributed by atoms with Crippen molar-refractivity contribution in [1.29, 1.82) is 0 Å². The Kier molecular flexibility index (Phi) is 4.75. The molecule has 1 aromatic rings. The number of rotatable bonds is 5.